The Morgan fingerprint density at radius 1 is 1.31 bits per heavy atom. The van der Waals surface area contributed by atoms with Crippen molar-refractivity contribution in [2.24, 2.45) is 4.99 Å². The molecule has 1 unspecified atom stereocenters. The Labute approximate surface area is 176 Å². The molecule has 1 atom stereocenters. The second kappa shape index (κ2) is 10.9. The summed E-state index contributed by atoms with van der Waals surface area (Å²) >= 11 is 1.72. The molecule has 0 spiro atoms. The van der Waals surface area contributed by atoms with E-state index in [0.717, 1.165) is 37.5 Å². The van der Waals surface area contributed by atoms with Crippen LogP contribution in [0.3, 0.4) is 0 Å². The number of carbonyl (C=O) groups excluding carboxylic acids is 1. The van der Waals surface area contributed by atoms with Gasteiger partial charge in [0.25, 0.3) is 5.91 Å². The third kappa shape index (κ3) is 7.42. The average molecular weight is 415 g/mol. The number of hydrogen-bond donors (Lipinski definition) is 3. The number of guanidine groups is 1. The predicted octanol–water partition coefficient (Wildman–Crippen LogP) is 3.26. The molecule has 1 fully saturated rings. The quantitative estimate of drug-likeness (QED) is 0.412. The van der Waals surface area contributed by atoms with Crippen molar-refractivity contribution >= 4 is 23.2 Å². The van der Waals surface area contributed by atoms with E-state index < -0.39 is 0 Å². The van der Waals surface area contributed by atoms with Gasteiger partial charge in [0.1, 0.15) is 5.75 Å². The van der Waals surface area contributed by atoms with E-state index >= 15 is 0 Å². The van der Waals surface area contributed by atoms with Gasteiger partial charge in [0.05, 0.1) is 6.54 Å². The van der Waals surface area contributed by atoms with Crippen molar-refractivity contribution in [1.29, 1.82) is 0 Å². The van der Waals surface area contributed by atoms with Gasteiger partial charge in [-0.05, 0) is 65.8 Å². The summed E-state index contributed by atoms with van der Waals surface area (Å²) in [6.45, 7) is 6.47. The van der Waals surface area contributed by atoms with Gasteiger partial charge in [-0.2, -0.15) is 11.3 Å². The van der Waals surface area contributed by atoms with Crippen molar-refractivity contribution in [3.8, 4) is 5.75 Å². The van der Waals surface area contributed by atoms with Crippen LogP contribution in [-0.2, 0) is 11.3 Å². The van der Waals surface area contributed by atoms with Gasteiger partial charge in [-0.1, -0.05) is 19.1 Å². The molecule has 1 heterocycles. The average Bonchev–Trinajstić information content (AvgIpc) is 3.36. The van der Waals surface area contributed by atoms with Crippen LogP contribution in [0.5, 0.6) is 5.75 Å². The molecule has 1 saturated carbocycles. The van der Waals surface area contributed by atoms with Crippen LogP contribution in [0, 0.1) is 0 Å². The Morgan fingerprint density at radius 2 is 2.17 bits per heavy atom. The van der Waals surface area contributed by atoms with Crippen LogP contribution in [0.25, 0.3) is 0 Å². The minimum atomic E-state index is -0.0608. The maximum absolute atomic E-state index is 11.8. The van der Waals surface area contributed by atoms with Gasteiger partial charge in [-0.25, -0.2) is 4.99 Å². The van der Waals surface area contributed by atoms with Crippen molar-refractivity contribution in [3.05, 3.63) is 52.2 Å². The Morgan fingerprint density at radius 3 is 2.90 bits per heavy atom. The molecule has 6 nitrogen and oxygen atoms in total. The lowest BCUT2D eigenvalue weighted by Crippen LogP contribution is -2.39. The molecular weight excluding hydrogens is 384 g/mol. The fourth-order valence-electron chi connectivity index (χ4n) is 2.81. The van der Waals surface area contributed by atoms with Gasteiger partial charge in [0.15, 0.2) is 12.6 Å². The van der Waals surface area contributed by atoms with Crippen LogP contribution in [0.2, 0.25) is 0 Å². The third-order valence-electron chi connectivity index (χ3n) is 4.66. The third-order valence-corrected chi connectivity index (χ3v) is 5.36. The van der Waals surface area contributed by atoms with Crippen LogP contribution < -0.4 is 20.7 Å². The Hall–Kier alpha value is -2.54. The Kier molecular flexibility index (Phi) is 7.93. The van der Waals surface area contributed by atoms with Crippen molar-refractivity contribution < 1.29 is 9.53 Å². The second-order valence-corrected chi connectivity index (χ2v) is 8.09. The zero-order chi connectivity index (χ0) is 20.5. The number of rotatable bonds is 10. The number of nitrogens with one attached hydrogen (secondary N) is 3. The van der Waals surface area contributed by atoms with Crippen LogP contribution in [-0.4, -0.2) is 37.6 Å². The van der Waals surface area contributed by atoms with Crippen molar-refractivity contribution in [2.45, 2.75) is 45.2 Å². The highest BCUT2D eigenvalue weighted by molar-refractivity contribution is 7.07. The lowest BCUT2D eigenvalue weighted by atomic mass is 10.1. The van der Waals surface area contributed by atoms with Gasteiger partial charge in [0.2, 0.25) is 0 Å². The maximum atomic E-state index is 11.8. The summed E-state index contributed by atoms with van der Waals surface area (Å²) in [6.07, 6.45) is 2.15. The van der Waals surface area contributed by atoms with E-state index in [2.05, 4.69) is 51.6 Å². The number of benzene rings is 1. The molecule has 29 heavy (non-hydrogen) atoms. The predicted molar refractivity (Wildman–Crippen MR) is 119 cm³/mol. The lowest BCUT2D eigenvalue weighted by molar-refractivity contribution is -0.123. The van der Waals surface area contributed by atoms with E-state index in [1.807, 2.05) is 24.3 Å². The number of thiophene rings is 1. The van der Waals surface area contributed by atoms with E-state index in [0.29, 0.717) is 24.3 Å². The van der Waals surface area contributed by atoms with E-state index in [1.165, 1.54) is 5.56 Å². The van der Waals surface area contributed by atoms with Gasteiger partial charge < -0.3 is 20.7 Å². The highest BCUT2D eigenvalue weighted by Gasteiger charge is 2.23. The van der Waals surface area contributed by atoms with Crippen LogP contribution in [0.15, 0.2) is 46.1 Å². The lowest BCUT2D eigenvalue weighted by Gasteiger charge is -2.15. The summed E-state index contributed by atoms with van der Waals surface area (Å²) in [4.78, 5) is 16.5. The summed E-state index contributed by atoms with van der Waals surface area (Å²) < 4.78 is 5.62. The van der Waals surface area contributed by atoms with E-state index in [-0.39, 0.29) is 12.5 Å². The van der Waals surface area contributed by atoms with Crippen molar-refractivity contribution in [3.63, 3.8) is 0 Å². The van der Waals surface area contributed by atoms with Crippen LogP contribution in [0.1, 0.15) is 43.7 Å². The van der Waals surface area contributed by atoms with Crippen LogP contribution in [0.4, 0.5) is 0 Å². The largest absolute Gasteiger partial charge is 0.484 e. The van der Waals surface area contributed by atoms with Gasteiger partial charge in [-0.3, -0.25) is 4.79 Å². The highest BCUT2D eigenvalue weighted by atomic mass is 32.1. The first-order chi connectivity index (χ1) is 14.1. The molecule has 3 rings (SSSR count). The molecule has 1 amide bonds. The standard InChI is InChI=1S/C22H30N4O2S/c1-3-23-22(24-12-16(2)18-9-10-29-15-18)25-13-17-5-4-6-20(11-17)28-14-21(27)26-19-7-8-19/h4-6,9-11,15-16,19H,3,7-8,12-14H2,1-2H3,(H,26,27)(H2,23,24,25). The molecule has 1 aliphatic carbocycles. The number of hydrogen-bond acceptors (Lipinski definition) is 4. The van der Waals surface area contributed by atoms with Crippen molar-refractivity contribution in [1.82, 2.24) is 16.0 Å². The first-order valence-corrected chi connectivity index (χ1v) is 11.1. The number of aliphatic imine (C=N–C) groups is 1. The molecule has 7 heteroatoms. The molecule has 1 aromatic carbocycles. The van der Waals surface area contributed by atoms with E-state index in [9.17, 15) is 4.79 Å². The second-order valence-electron chi connectivity index (χ2n) is 7.31. The number of carbonyl (C=O) groups is 1. The SMILES string of the molecule is CCNC(=NCc1cccc(OCC(=O)NC2CC2)c1)NCC(C)c1ccsc1. The number of amides is 1. The normalized spacial score (nSPS) is 14.9. The summed E-state index contributed by atoms with van der Waals surface area (Å²) in [5, 5.41) is 13.9. The fourth-order valence-corrected chi connectivity index (χ4v) is 3.60. The molecule has 0 bridgehead atoms. The molecule has 156 valence electrons. The number of nitrogens with zero attached hydrogens (tertiary/aromatic N) is 1. The highest BCUT2D eigenvalue weighted by Crippen LogP contribution is 2.19. The first-order valence-electron chi connectivity index (χ1n) is 10.2. The summed E-state index contributed by atoms with van der Waals surface area (Å²) in [6, 6.07) is 10.3. The summed E-state index contributed by atoms with van der Waals surface area (Å²) in [5.74, 6) is 1.84. The van der Waals surface area contributed by atoms with Gasteiger partial charge in [-0.15, -0.1) is 0 Å². The van der Waals surface area contributed by atoms with Crippen LogP contribution >= 0.6 is 11.3 Å². The molecular formula is C22H30N4O2S. The Bertz CT molecular complexity index is 803. The number of ether oxygens (including phenoxy) is 1. The topological polar surface area (TPSA) is 74.8 Å². The molecule has 0 saturated heterocycles. The fraction of sp³-hybridized carbons (Fsp3) is 0.455. The first kappa shape index (κ1) is 21.2. The minimum absolute atomic E-state index is 0.0495. The molecule has 1 aromatic heterocycles. The molecule has 1 aliphatic rings. The monoisotopic (exact) mass is 414 g/mol. The molecule has 0 aliphatic heterocycles. The molecule has 3 N–H and O–H groups in total. The zero-order valence-electron chi connectivity index (χ0n) is 17.1. The zero-order valence-corrected chi connectivity index (χ0v) is 17.9. The summed E-state index contributed by atoms with van der Waals surface area (Å²) in [5.41, 5.74) is 2.38. The smallest absolute Gasteiger partial charge is 0.258 e. The summed E-state index contributed by atoms with van der Waals surface area (Å²) in [7, 11) is 0. The van der Waals surface area contributed by atoms with Crippen molar-refractivity contribution in [2.75, 3.05) is 19.7 Å². The molecule has 0 radical (unpaired) electrons. The minimum Gasteiger partial charge on any atom is -0.484 e. The Balaban J connectivity index is 1.50. The van der Waals surface area contributed by atoms with E-state index in [1.54, 1.807) is 11.3 Å². The molecule has 2 aromatic rings. The van der Waals surface area contributed by atoms with Gasteiger partial charge in [0, 0.05) is 19.1 Å². The van der Waals surface area contributed by atoms with Gasteiger partial charge >= 0.3 is 0 Å². The van der Waals surface area contributed by atoms with E-state index in [4.69, 9.17) is 4.74 Å². The maximum Gasteiger partial charge on any atom is 0.258 e.